The number of nitrogens with two attached hydrogens (primary N) is 1. The number of rotatable bonds is 6. The zero-order chi connectivity index (χ0) is 21.8. The lowest BCUT2D eigenvalue weighted by molar-refractivity contribution is -0.118. The zero-order valence-corrected chi connectivity index (χ0v) is 17.5. The van der Waals surface area contributed by atoms with Crippen LogP contribution in [-0.4, -0.2) is 36.5 Å². The molecule has 1 atom stereocenters. The van der Waals surface area contributed by atoms with Gasteiger partial charge >= 0.3 is 0 Å². The molecule has 2 aromatic carbocycles. The number of primary amides is 1. The Morgan fingerprint density at radius 3 is 2.71 bits per heavy atom. The number of nitrogens with zero attached hydrogens (tertiary/aromatic N) is 2. The summed E-state index contributed by atoms with van der Waals surface area (Å²) in [5.74, 6) is 1.35. The Labute approximate surface area is 181 Å². The molecule has 7 nitrogen and oxygen atoms in total. The Bertz CT molecular complexity index is 1100. The second-order valence-electron chi connectivity index (χ2n) is 7.97. The maximum atomic E-state index is 12.3. The molecule has 1 aromatic heterocycles. The van der Waals surface area contributed by atoms with E-state index in [1.54, 1.807) is 24.3 Å². The van der Waals surface area contributed by atoms with Crippen LogP contribution in [0.3, 0.4) is 0 Å². The first-order valence-corrected chi connectivity index (χ1v) is 10.5. The Kier molecular flexibility index (Phi) is 6.02. The molecule has 1 saturated heterocycles. The average Bonchev–Trinajstić information content (AvgIpc) is 2.77. The number of benzene rings is 2. The maximum Gasteiger partial charge on any atom is 0.262 e. The molecule has 3 N–H and O–H groups in total. The van der Waals surface area contributed by atoms with Crippen LogP contribution in [0.25, 0.3) is 10.9 Å². The number of aromatic nitrogens is 1. The molecule has 0 spiro atoms. The Hall–Kier alpha value is -3.61. The van der Waals surface area contributed by atoms with E-state index in [1.165, 1.54) is 12.8 Å². The van der Waals surface area contributed by atoms with Crippen LogP contribution in [0.5, 0.6) is 5.75 Å². The van der Waals surface area contributed by atoms with Gasteiger partial charge in [0.1, 0.15) is 17.1 Å². The largest absolute Gasteiger partial charge is 0.481 e. The SMILES string of the molecule is C[C@H]1CCCN(c2ccc3cccc(OCC(=O)Nc4ccc(C(N)=O)cc4)c3n2)C1. The van der Waals surface area contributed by atoms with E-state index < -0.39 is 5.91 Å². The standard InChI is InChI=1S/C24H26N4O3/c1-16-4-3-13-28(14-16)21-12-9-17-5-2-6-20(23(17)27-21)31-15-22(29)26-19-10-7-18(8-11-19)24(25)30/h2,5-12,16H,3-4,13-15H2,1H3,(H2,25,30)(H,26,29)/t16-/m0/s1. The van der Waals surface area contributed by atoms with Crippen molar-refractivity contribution in [3.05, 3.63) is 60.2 Å². The number of carbonyl (C=O) groups excluding carboxylic acids is 2. The van der Waals surface area contributed by atoms with Crippen molar-refractivity contribution in [3.63, 3.8) is 0 Å². The Balaban J connectivity index is 1.45. The van der Waals surface area contributed by atoms with Crippen LogP contribution in [0.4, 0.5) is 11.5 Å². The van der Waals surface area contributed by atoms with Crippen LogP contribution < -0.4 is 20.7 Å². The Morgan fingerprint density at radius 2 is 1.97 bits per heavy atom. The highest BCUT2D eigenvalue weighted by atomic mass is 16.5. The summed E-state index contributed by atoms with van der Waals surface area (Å²) < 4.78 is 5.81. The lowest BCUT2D eigenvalue weighted by Crippen LogP contribution is -2.34. The molecule has 1 aliphatic heterocycles. The number of pyridine rings is 1. The van der Waals surface area contributed by atoms with Crippen molar-refractivity contribution >= 4 is 34.2 Å². The first-order valence-electron chi connectivity index (χ1n) is 10.5. The summed E-state index contributed by atoms with van der Waals surface area (Å²) in [5.41, 5.74) is 6.93. The van der Waals surface area contributed by atoms with E-state index >= 15 is 0 Å². The second kappa shape index (κ2) is 9.04. The van der Waals surface area contributed by atoms with Crippen molar-refractivity contribution in [3.8, 4) is 5.75 Å². The predicted octanol–water partition coefficient (Wildman–Crippen LogP) is 3.59. The fourth-order valence-electron chi connectivity index (χ4n) is 3.86. The average molecular weight is 418 g/mol. The highest BCUT2D eigenvalue weighted by Crippen LogP contribution is 2.28. The van der Waals surface area contributed by atoms with Crippen LogP contribution in [0.15, 0.2) is 54.6 Å². The first kappa shape index (κ1) is 20.7. The maximum absolute atomic E-state index is 12.3. The van der Waals surface area contributed by atoms with Crippen molar-refractivity contribution in [2.24, 2.45) is 11.7 Å². The number of hydrogen-bond acceptors (Lipinski definition) is 5. The summed E-state index contributed by atoms with van der Waals surface area (Å²) >= 11 is 0. The number of piperidine rings is 1. The lowest BCUT2D eigenvalue weighted by Gasteiger charge is -2.32. The topological polar surface area (TPSA) is 97.5 Å². The summed E-state index contributed by atoms with van der Waals surface area (Å²) in [6, 6.07) is 16.2. The molecular formula is C24H26N4O3. The third-order valence-electron chi connectivity index (χ3n) is 5.46. The van der Waals surface area contributed by atoms with E-state index in [0.717, 1.165) is 29.8 Å². The number of hydrogen-bond donors (Lipinski definition) is 2. The molecule has 2 amide bonds. The van der Waals surface area contributed by atoms with Gasteiger partial charge in [-0.05, 0) is 61.2 Å². The molecule has 4 rings (SSSR count). The third kappa shape index (κ3) is 4.94. The predicted molar refractivity (Wildman–Crippen MR) is 121 cm³/mol. The molecule has 0 aliphatic carbocycles. The van der Waals surface area contributed by atoms with Gasteiger partial charge in [0, 0.05) is 29.7 Å². The molecule has 1 fully saturated rings. The molecule has 0 unspecified atom stereocenters. The van der Waals surface area contributed by atoms with E-state index in [2.05, 4.69) is 17.1 Å². The van der Waals surface area contributed by atoms with Crippen molar-refractivity contribution in [2.75, 3.05) is 29.9 Å². The Morgan fingerprint density at radius 1 is 1.16 bits per heavy atom. The van der Waals surface area contributed by atoms with Gasteiger partial charge < -0.3 is 20.7 Å². The number of fused-ring (bicyclic) bond motifs is 1. The second-order valence-corrected chi connectivity index (χ2v) is 7.97. The van der Waals surface area contributed by atoms with Crippen molar-refractivity contribution in [1.82, 2.24) is 4.98 Å². The molecule has 0 radical (unpaired) electrons. The number of amides is 2. The van der Waals surface area contributed by atoms with Crippen molar-refractivity contribution in [2.45, 2.75) is 19.8 Å². The first-order chi connectivity index (χ1) is 15.0. The van der Waals surface area contributed by atoms with Gasteiger partial charge in [-0.2, -0.15) is 0 Å². The van der Waals surface area contributed by atoms with E-state index in [-0.39, 0.29) is 12.5 Å². The van der Waals surface area contributed by atoms with Gasteiger partial charge in [-0.1, -0.05) is 19.1 Å². The minimum Gasteiger partial charge on any atom is -0.481 e. The number of ether oxygens (including phenoxy) is 1. The van der Waals surface area contributed by atoms with Crippen molar-refractivity contribution < 1.29 is 14.3 Å². The van der Waals surface area contributed by atoms with Gasteiger partial charge in [0.25, 0.3) is 5.91 Å². The van der Waals surface area contributed by atoms with Crippen LogP contribution in [0.2, 0.25) is 0 Å². The fraction of sp³-hybridized carbons (Fsp3) is 0.292. The summed E-state index contributed by atoms with van der Waals surface area (Å²) in [7, 11) is 0. The number of nitrogens with one attached hydrogen (secondary N) is 1. The summed E-state index contributed by atoms with van der Waals surface area (Å²) in [4.78, 5) is 30.6. The van der Waals surface area contributed by atoms with Gasteiger partial charge in [0.15, 0.2) is 6.61 Å². The minimum atomic E-state index is -0.511. The van der Waals surface area contributed by atoms with Gasteiger partial charge in [-0.3, -0.25) is 9.59 Å². The molecule has 3 aromatic rings. The third-order valence-corrected chi connectivity index (χ3v) is 5.46. The molecular weight excluding hydrogens is 392 g/mol. The van der Waals surface area contributed by atoms with E-state index in [4.69, 9.17) is 15.5 Å². The van der Waals surface area contributed by atoms with Crippen LogP contribution >= 0.6 is 0 Å². The quantitative estimate of drug-likeness (QED) is 0.638. The van der Waals surface area contributed by atoms with Gasteiger partial charge in [0.05, 0.1) is 0 Å². The highest BCUT2D eigenvalue weighted by Gasteiger charge is 2.18. The fourth-order valence-corrected chi connectivity index (χ4v) is 3.86. The van der Waals surface area contributed by atoms with E-state index in [1.807, 2.05) is 30.3 Å². The molecule has 0 saturated carbocycles. The molecule has 160 valence electrons. The van der Waals surface area contributed by atoms with E-state index in [0.29, 0.717) is 22.9 Å². The molecule has 31 heavy (non-hydrogen) atoms. The lowest BCUT2D eigenvalue weighted by atomic mass is 10.0. The molecule has 7 heteroatoms. The zero-order valence-electron chi connectivity index (χ0n) is 17.5. The van der Waals surface area contributed by atoms with Crippen LogP contribution in [0, 0.1) is 5.92 Å². The van der Waals surface area contributed by atoms with Gasteiger partial charge in [0.2, 0.25) is 5.91 Å². The smallest absolute Gasteiger partial charge is 0.262 e. The van der Waals surface area contributed by atoms with Crippen molar-refractivity contribution in [1.29, 1.82) is 0 Å². The molecule has 1 aliphatic rings. The van der Waals surface area contributed by atoms with Gasteiger partial charge in [-0.25, -0.2) is 4.98 Å². The van der Waals surface area contributed by atoms with E-state index in [9.17, 15) is 9.59 Å². The number of anilines is 2. The van der Waals surface area contributed by atoms with Crippen LogP contribution in [0.1, 0.15) is 30.1 Å². The number of carbonyl (C=O) groups is 2. The summed E-state index contributed by atoms with van der Waals surface area (Å²) in [5, 5.41) is 3.72. The van der Waals surface area contributed by atoms with Crippen LogP contribution in [-0.2, 0) is 4.79 Å². The summed E-state index contributed by atoms with van der Waals surface area (Å²) in [6.07, 6.45) is 2.42. The highest BCUT2D eigenvalue weighted by molar-refractivity contribution is 5.95. The summed E-state index contributed by atoms with van der Waals surface area (Å²) in [6.45, 7) is 4.12. The minimum absolute atomic E-state index is 0.149. The molecule has 2 heterocycles. The normalized spacial score (nSPS) is 16.2. The number of para-hydroxylation sites is 1. The van der Waals surface area contributed by atoms with Gasteiger partial charge in [-0.15, -0.1) is 0 Å². The monoisotopic (exact) mass is 418 g/mol. The molecule has 0 bridgehead atoms.